The van der Waals surface area contributed by atoms with Crippen molar-refractivity contribution in [3.8, 4) is 0 Å². The van der Waals surface area contributed by atoms with Crippen LogP contribution in [0.15, 0.2) is 27.1 Å². The molecule has 21 heavy (non-hydrogen) atoms. The molecule has 1 aromatic rings. The van der Waals surface area contributed by atoms with E-state index in [4.69, 9.17) is 0 Å². The molecule has 0 unspecified atom stereocenters. The Hall–Kier alpha value is 0.180. The highest BCUT2D eigenvalue weighted by Gasteiger charge is 2.36. The standard InChI is InChI=1S/C13H15Br2F3N2.ClH/c14-10-2-1-9(7-11(10)15)12(8-13(16,17)18)20-5-3-19-4-6-20;/h1-2,7,12,19H,3-6,8H2;1H/t12-;/m0./s1. The highest BCUT2D eigenvalue weighted by atomic mass is 79.9. The van der Waals surface area contributed by atoms with E-state index >= 15 is 0 Å². The second kappa shape index (κ2) is 8.15. The van der Waals surface area contributed by atoms with Gasteiger partial charge in [0.2, 0.25) is 0 Å². The van der Waals surface area contributed by atoms with Gasteiger partial charge >= 0.3 is 6.18 Å². The minimum Gasteiger partial charge on any atom is -0.314 e. The number of benzene rings is 1. The highest BCUT2D eigenvalue weighted by molar-refractivity contribution is 9.13. The molecule has 0 saturated carbocycles. The predicted octanol–water partition coefficient (Wildman–Crippen LogP) is 4.53. The van der Waals surface area contributed by atoms with Crippen molar-refractivity contribution in [2.75, 3.05) is 26.2 Å². The van der Waals surface area contributed by atoms with Crippen molar-refractivity contribution in [3.63, 3.8) is 0 Å². The summed E-state index contributed by atoms with van der Waals surface area (Å²) in [4.78, 5) is 1.90. The third-order valence-corrected chi connectivity index (χ3v) is 5.23. The Labute approximate surface area is 145 Å². The van der Waals surface area contributed by atoms with Crippen LogP contribution in [-0.2, 0) is 0 Å². The Morgan fingerprint density at radius 1 is 1.14 bits per heavy atom. The van der Waals surface area contributed by atoms with Gasteiger partial charge in [0.25, 0.3) is 0 Å². The van der Waals surface area contributed by atoms with Crippen molar-refractivity contribution in [1.29, 1.82) is 0 Å². The van der Waals surface area contributed by atoms with Gasteiger partial charge < -0.3 is 5.32 Å². The molecule has 0 spiro atoms. The number of alkyl halides is 3. The Balaban J connectivity index is 0.00000220. The molecule has 1 aromatic carbocycles. The fourth-order valence-electron chi connectivity index (χ4n) is 2.39. The van der Waals surface area contributed by atoms with Crippen molar-refractivity contribution in [2.24, 2.45) is 0 Å². The maximum Gasteiger partial charge on any atom is 0.390 e. The maximum atomic E-state index is 12.9. The predicted molar refractivity (Wildman–Crippen MR) is 86.9 cm³/mol. The van der Waals surface area contributed by atoms with Gasteiger partial charge in [0.05, 0.1) is 6.42 Å². The maximum absolute atomic E-state index is 12.9. The molecule has 2 rings (SSSR count). The summed E-state index contributed by atoms with van der Waals surface area (Å²) in [6.07, 6.45) is -4.99. The van der Waals surface area contributed by atoms with Crippen LogP contribution < -0.4 is 5.32 Å². The quantitative estimate of drug-likeness (QED) is 0.725. The molecule has 1 aliphatic rings. The lowest BCUT2D eigenvalue weighted by Gasteiger charge is -2.35. The van der Waals surface area contributed by atoms with E-state index < -0.39 is 18.6 Å². The van der Waals surface area contributed by atoms with Gasteiger partial charge in [-0.05, 0) is 49.6 Å². The number of nitrogens with zero attached hydrogens (tertiary/aromatic N) is 1. The summed E-state index contributed by atoms with van der Waals surface area (Å²) in [7, 11) is 0. The molecule has 0 radical (unpaired) electrons. The summed E-state index contributed by atoms with van der Waals surface area (Å²) in [6.45, 7) is 2.72. The first kappa shape index (κ1) is 19.2. The van der Waals surface area contributed by atoms with Crippen LogP contribution >= 0.6 is 44.3 Å². The second-order valence-electron chi connectivity index (χ2n) is 4.79. The normalized spacial score (nSPS) is 18.1. The van der Waals surface area contributed by atoms with E-state index in [-0.39, 0.29) is 12.4 Å². The van der Waals surface area contributed by atoms with Crippen LogP contribution in [0, 0.1) is 0 Å². The van der Waals surface area contributed by atoms with Crippen LogP contribution in [0.1, 0.15) is 18.0 Å². The lowest BCUT2D eigenvalue weighted by atomic mass is 10.0. The molecule has 8 heteroatoms. The molecule has 0 amide bonds. The van der Waals surface area contributed by atoms with Gasteiger partial charge in [0.1, 0.15) is 0 Å². The molecule has 1 aliphatic heterocycles. The van der Waals surface area contributed by atoms with E-state index in [0.717, 1.165) is 22.0 Å². The Morgan fingerprint density at radius 2 is 1.76 bits per heavy atom. The second-order valence-corrected chi connectivity index (χ2v) is 6.50. The summed E-state index contributed by atoms with van der Waals surface area (Å²) in [6, 6.07) is 4.68. The fourth-order valence-corrected chi connectivity index (χ4v) is 3.03. The molecule has 0 aromatic heterocycles. The highest BCUT2D eigenvalue weighted by Crippen LogP contribution is 2.36. The molecule has 1 fully saturated rings. The number of nitrogens with one attached hydrogen (secondary N) is 1. The van der Waals surface area contributed by atoms with Gasteiger partial charge in [-0.15, -0.1) is 12.4 Å². The molecule has 0 aliphatic carbocycles. The van der Waals surface area contributed by atoms with Crippen LogP contribution in [0.5, 0.6) is 0 Å². The van der Waals surface area contributed by atoms with Gasteiger partial charge in [-0.1, -0.05) is 6.07 Å². The molecule has 1 saturated heterocycles. The first-order chi connectivity index (χ1) is 9.37. The van der Waals surface area contributed by atoms with Gasteiger partial charge in [0.15, 0.2) is 0 Å². The van der Waals surface area contributed by atoms with E-state index in [1.165, 1.54) is 0 Å². The van der Waals surface area contributed by atoms with Gasteiger partial charge in [-0.3, -0.25) is 4.90 Å². The van der Waals surface area contributed by atoms with Gasteiger partial charge in [-0.25, -0.2) is 0 Å². The van der Waals surface area contributed by atoms with Gasteiger partial charge in [0, 0.05) is 41.2 Å². The molecular formula is C13H16Br2ClF3N2. The topological polar surface area (TPSA) is 15.3 Å². The fraction of sp³-hybridized carbons (Fsp3) is 0.538. The summed E-state index contributed by atoms with van der Waals surface area (Å²) >= 11 is 6.70. The van der Waals surface area contributed by atoms with Crippen molar-refractivity contribution >= 4 is 44.3 Å². The van der Waals surface area contributed by atoms with Crippen molar-refractivity contribution in [1.82, 2.24) is 10.2 Å². The van der Waals surface area contributed by atoms with Crippen LogP contribution in [0.3, 0.4) is 0 Å². The lowest BCUT2D eigenvalue weighted by molar-refractivity contribution is -0.148. The van der Waals surface area contributed by atoms with E-state index in [1.807, 2.05) is 4.90 Å². The van der Waals surface area contributed by atoms with Crippen LogP contribution in [0.2, 0.25) is 0 Å². The summed E-state index contributed by atoms with van der Waals surface area (Å²) in [5.41, 5.74) is 0.694. The van der Waals surface area contributed by atoms with Crippen molar-refractivity contribution in [3.05, 3.63) is 32.7 Å². The molecule has 2 nitrogen and oxygen atoms in total. The minimum atomic E-state index is -4.17. The number of hydrogen-bond donors (Lipinski definition) is 1. The monoisotopic (exact) mass is 450 g/mol. The molecule has 0 bridgehead atoms. The average molecular weight is 453 g/mol. The molecular weight excluding hydrogens is 436 g/mol. The largest absolute Gasteiger partial charge is 0.390 e. The van der Waals surface area contributed by atoms with E-state index in [1.54, 1.807) is 18.2 Å². The molecule has 1 N–H and O–H groups in total. The Morgan fingerprint density at radius 3 is 2.29 bits per heavy atom. The van der Waals surface area contributed by atoms with E-state index in [9.17, 15) is 13.2 Å². The molecule has 1 atom stereocenters. The minimum absolute atomic E-state index is 0. The summed E-state index contributed by atoms with van der Waals surface area (Å²) in [5.74, 6) is 0. The zero-order valence-electron chi connectivity index (χ0n) is 11.1. The van der Waals surface area contributed by atoms with Gasteiger partial charge in [-0.2, -0.15) is 13.2 Å². The summed E-state index contributed by atoms with van der Waals surface area (Å²) < 4.78 is 40.2. The number of rotatable bonds is 3. The smallest absolute Gasteiger partial charge is 0.314 e. The average Bonchev–Trinajstić information content (AvgIpc) is 2.39. The SMILES string of the molecule is Cl.FC(F)(F)C[C@@H](c1ccc(Br)c(Br)c1)N1CCNCC1. The van der Waals surface area contributed by atoms with Crippen LogP contribution in [0.25, 0.3) is 0 Å². The van der Waals surface area contributed by atoms with Crippen LogP contribution in [0.4, 0.5) is 13.2 Å². The van der Waals surface area contributed by atoms with Crippen molar-refractivity contribution in [2.45, 2.75) is 18.6 Å². The number of piperazine rings is 1. The third-order valence-electron chi connectivity index (χ3n) is 3.35. The molecule has 120 valence electrons. The number of halogens is 6. The van der Waals surface area contributed by atoms with E-state index in [2.05, 4.69) is 37.2 Å². The van der Waals surface area contributed by atoms with Crippen molar-refractivity contribution < 1.29 is 13.2 Å². The first-order valence-corrected chi connectivity index (χ1v) is 7.92. The van der Waals surface area contributed by atoms with E-state index in [0.29, 0.717) is 18.7 Å². The Bertz CT molecular complexity index is 465. The third kappa shape index (κ3) is 5.71. The lowest BCUT2D eigenvalue weighted by Crippen LogP contribution is -2.46. The zero-order valence-corrected chi connectivity index (χ0v) is 15.1. The molecule has 1 heterocycles. The summed E-state index contributed by atoms with van der Waals surface area (Å²) in [5, 5.41) is 3.16. The van der Waals surface area contributed by atoms with Crippen LogP contribution in [-0.4, -0.2) is 37.3 Å². The zero-order chi connectivity index (χ0) is 14.8. The first-order valence-electron chi connectivity index (χ1n) is 6.33. The Kier molecular flexibility index (Phi) is 7.46. The number of hydrogen-bond acceptors (Lipinski definition) is 2.